The topological polar surface area (TPSA) is 89.8 Å². The fourth-order valence-corrected chi connectivity index (χ4v) is 2.80. The van der Waals surface area contributed by atoms with Gasteiger partial charge in [-0.1, -0.05) is 18.9 Å². The number of aliphatic hydroxyl groups is 2. The lowest BCUT2D eigenvalue weighted by Crippen LogP contribution is -2.47. The molecular weight excluding hydrogens is 326 g/mol. The molecule has 110 valence electrons. The first-order valence-electron chi connectivity index (χ1n) is 6.65. The molecule has 6 heteroatoms. The Balaban J connectivity index is 2.12. The van der Waals surface area contributed by atoms with E-state index >= 15 is 0 Å². The molecule has 0 heterocycles. The van der Waals surface area contributed by atoms with Crippen LogP contribution in [0.2, 0.25) is 0 Å². The van der Waals surface area contributed by atoms with Gasteiger partial charge < -0.3 is 20.6 Å². The van der Waals surface area contributed by atoms with E-state index in [0.717, 1.165) is 12.8 Å². The highest BCUT2D eigenvalue weighted by Crippen LogP contribution is 2.28. The number of amides is 1. The third-order valence-electron chi connectivity index (χ3n) is 3.62. The fraction of sp³-hybridized carbons (Fsp3) is 0.500. The van der Waals surface area contributed by atoms with Gasteiger partial charge in [-0.05, 0) is 40.9 Å². The summed E-state index contributed by atoms with van der Waals surface area (Å²) in [5, 5.41) is 32.3. The van der Waals surface area contributed by atoms with Crippen LogP contribution in [0.5, 0.6) is 5.75 Å². The molecule has 0 saturated heterocycles. The number of aromatic hydroxyl groups is 1. The van der Waals surface area contributed by atoms with Crippen molar-refractivity contribution in [1.82, 2.24) is 5.32 Å². The highest BCUT2D eigenvalue weighted by Gasteiger charge is 2.30. The lowest BCUT2D eigenvalue weighted by molar-refractivity contribution is -0.00126. The van der Waals surface area contributed by atoms with Gasteiger partial charge in [0.05, 0.1) is 28.3 Å². The van der Waals surface area contributed by atoms with Crippen LogP contribution in [0.15, 0.2) is 22.7 Å². The number of para-hydroxylation sites is 1. The van der Waals surface area contributed by atoms with E-state index in [1.165, 1.54) is 6.07 Å². The van der Waals surface area contributed by atoms with Crippen LogP contribution in [-0.2, 0) is 0 Å². The van der Waals surface area contributed by atoms with Crippen LogP contribution in [-0.4, -0.2) is 39.5 Å². The molecule has 5 nitrogen and oxygen atoms in total. The van der Waals surface area contributed by atoms with E-state index in [2.05, 4.69) is 21.2 Å². The Morgan fingerprint density at radius 2 is 1.95 bits per heavy atom. The van der Waals surface area contributed by atoms with Gasteiger partial charge in [0.2, 0.25) is 0 Å². The van der Waals surface area contributed by atoms with Crippen molar-refractivity contribution in [3.63, 3.8) is 0 Å². The van der Waals surface area contributed by atoms with Crippen molar-refractivity contribution in [3.05, 3.63) is 28.2 Å². The summed E-state index contributed by atoms with van der Waals surface area (Å²) in [7, 11) is 0. The number of phenols is 1. The summed E-state index contributed by atoms with van der Waals surface area (Å²) in [5.74, 6) is -0.587. The summed E-state index contributed by atoms with van der Waals surface area (Å²) in [6, 6.07) is 4.29. The van der Waals surface area contributed by atoms with Crippen molar-refractivity contribution < 1.29 is 20.1 Å². The first kappa shape index (κ1) is 15.3. The number of carbonyl (C=O) groups excluding carboxylic acids is 1. The van der Waals surface area contributed by atoms with E-state index in [0.29, 0.717) is 17.3 Å². The zero-order chi connectivity index (χ0) is 14.7. The van der Waals surface area contributed by atoms with Gasteiger partial charge in [-0.25, -0.2) is 0 Å². The average Bonchev–Trinajstić information content (AvgIpc) is 2.57. The maximum atomic E-state index is 12.2. The molecule has 0 bridgehead atoms. The number of hydrogen-bond donors (Lipinski definition) is 4. The highest BCUT2D eigenvalue weighted by atomic mass is 79.9. The van der Waals surface area contributed by atoms with Gasteiger partial charge in [-0.3, -0.25) is 4.79 Å². The van der Waals surface area contributed by atoms with E-state index in [9.17, 15) is 20.1 Å². The molecule has 1 aromatic carbocycles. The lowest BCUT2D eigenvalue weighted by Gasteiger charge is -2.25. The molecule has 1 amide bonds. The molecule has 0 aromatic heterocycles. The highest BCUT2D eigenvalue weighted by molar-refractivity contribution is 9.10. The molecule has 0 unspecified atom stereocenters. The predicted octanol–water partition coefficient (Wildman–Crippen LogP) is 1.55. The van der Waals surface area contributed by atoms with E-state index in [-0.39, 0.29) is 11.3 Å². The zero-order valence-corrected chi connectivity index (χ0v) is 12.5. The Morgan fingerprint density at radius 3 is 2.70 bits per heavy atom. The average molecular weight is 344 g/mol. The summed E-state index contributed by atoms with van der Waals surface area (Å²) >= 11 is 3.15. The number of halogens is 1. The van der Waals surface area contributed by atoms with Crippen molar-refractivity contribution in [3.8, 4) is 5.75 Å². The van der Waals surface area contributed by atoms with Crippen LogP contribution >= 0.6 is 15.9 Å². The first-order valence-corrected chi connectivity index (χ1v) is 7.44. The molecule has 1 aromatic rings. The maximum Gasteiger partial charge on any atom is 0.255 e. The van der Waals surface area contributed by atoms with Crippen LogP contribution in [0.25, 0.3) is 0 Å². The quantitative estimate of drug-likeness (QED) is 0.613. The van der Waals surface area contributed by atoms with Crippen molar-refractivity contribution in [2.24, 2.45) is 0 Å². The third-order valence-corrected chi connectivity index (χ3v) is 4.26. The van der Waals surface area contributed by atoms with Crippen LogP contribution in [0.3, 0.4) is 0 Å². The van der Waals surface area contributed by atoms with Crippen LogP contribution < -0.4 is 5.32 Å². The molecule has 0 radical (unpaired) electrons. The minimum atomic E-state index is -0.976. The van der Waals surface area contributed by atoms with Crippen molar-refractivity contribution in [2.75, 3.05) is 0 Å². The molecular formula is C14H18BrNO4. The number of rotatable bonds is 2. The summed E-state index contributed by atoms with van der Waals surface area (Å²) < 4.78 is 0.437. The molecule has 0 spiro atoms. The van der Waals surface area contributed by atoms with Gasteiger partial charge >= 0.3 is 0 Å². The Hall–Kier alpha value is -1.11. The van der Waals surface area contributed by atoms with Gasteiger partial charge in [0.25, 0.3) is 5.91 Å². The molecule has 20 heavy (non-hydrogen) atoms. The third kappa shape index (κ3) is 3.31. The fourth-order valence-electron chi connectivity index (χ4n) is 2.43. The van der Waals surface area contributed by atoms with Crippen molar-refractivity contribution >= 4 is 21.8 Å². The van der Waals surface area contributed by atoms with Crippen LogP contribution in [0.1, 0.15) is 36.0 Å². The second-order valence-electron chi connectivity index (χ2n) is 5.06. The van der Waals surface area contributed by atoms with Gasteiger partial charge in [-0.15, -0.1) is 0 Å². The molecule has 1 saturated carbocycles. The van der Waals surface area contributed by atoms with E-state index < -0.39 is 24.2 Å². The van der Waals surface area contributed by atoms with Gasteiger partial charge in [0.1, 0.15) is 5.75 Å². The van der Waals surface area contributed by atoms with Gasteiger partial charge in [-0.2, -0.15) is 0 Å². The summed E-state index contributed by atoms with van der Waals surface area (Å²) in [6.45, 7) is 0. The van der Waals surface area contributed by atoms with Crippen molar-refractivity contribution in [2.45, 2.75) is 43.9 Å². The summed E-state index contributed by atoms with van der Waals surface area (Å²) in [4.78, 5) is 12.2. The summed E-state index contributed by atoms with van der Waals surface area (Å²) in [6.07, 6.45) is 1.01. The minimum absolute atomic E-state index is 0.131. The number of carbonyl (C=O) groups is 1. The number of nitrogens with one attached hydrogen (secondary N) is 1. The Labute approximate surface area is 125 Å². The van der Waals surface area contributed by atoms with Gasteiger partial charge in [0.15, 0.2) is 0 Å². The SMILES string of the molecule is O=C(N[C@@H]1CCCC[C@@H](O)[C@@H]1O)c1cccc(Br)c1O. The monoisotopic (exact) mass is 343 g/mol. The molecule has 0 aliphatic heterocycles. The van der Waals surface area contributed by atoms with E-state index in [1.54, 1.807) is 12.1 Å². The molecule has 1 fully saturated rings. The van der Waals surface area contributed by atoms with E-state index in [1.807, 2.05) is 0 Å². The number of benzene rings is 1. The summed E-state index contributed by atoms with van der Waals surface area (Å²) in [5.41, 5.74) is 0.144. The largest absolute Gasteiger partial charge is 0.506 e. The van der Waals surface area contributed by atoms with E-state index in [4.69, 9.17) is 0 Å². The number of aliphatic hydroxyl groups excluding tert-OH is 2. The smallest absolute Gasteiger partial charge is 0.255 e. The minimum Gasteiger partial charge on any atom is -0.506 e. The predicted molar refractivity (Wildman–Crippen MR) is 77.5 cm³/mol. The van der Waals surface area contributed by atoms with Crippen LogP contribution in [0, 0.1) is 0 Å². The second-order valence-corrected chi connectivity index (χ2v) is 5.91. The number of hydrogen-bond acceptors (Lipinski definition) is 4. The first-order chi connectivity index (χ1) is 9.50. The zero-order valence-electron chi connectivity index (χ0n) is 10.9. The lowest BCUT2D eigenvalue weighted by atomic mass is 10.0. The Kier molecular flexibility index (Phi) is 5.01. The molecule has 1 aliphatic carbocycles. The maximum absolute atomic E-state index is 12.2. The molecule has 1 aliphatic rings. The molecule has 4 N–H and O–H groups in total. The Bertz CT molecular complexity index is 494. The standard InChI is InChI=1S/C14H18BrNO4/c15-9-5-3-4-8(12(9)18)14(20)16-10-6-1-2-7-11(17)13(10)19/h3-5,10-11,13,17-19H,1-2,6-7H2,(H,16,20)/t10-,11-,13-/m1/s1. The normalized spacial score (nSPS) is 26.9. The van der Waals surface area contributed by atoms with Crippen LogP contribution in [0.4, 0.5) is 0 Å². The van der Waals surface area contributed by atoms with Gasteiger partial charge in [0, 0.05) is 0 Å². The van der Waals surface area contributed by atoms with Crippen molar-refractivity contribution in [1.29, 1.82) is 0 Å². The molecule has 3 atom stereocenters. The number of phenolic OH excluding ortho intramolecular Hbond substituents is 1. The Morgan fingerprint density at radius 1 is 1.25 bits per heavy atom. The second kappa shape index (κ2) is 6.56. The molecule has 2 rings (SSSR count).